The monoisotopic (exact) mass is 298 g/mol. The summed E-state index contributed by atoms with van der Waals surface area (Å²) in [7, 11) is 0. The van der Waals surface area contributed by atoms with Gasteiger partial charge in [0.25, 0.3) is 0 Å². The van der Waals surface area contributed by atoms with E-state index in [0.717, 1.165) is 21.2 Å². The van der Waals surface area contributed by atoms with Crippen molar-refractivity contribution in [2.45, 2.75) is 17.3 Å². The molecule has 94 valence electrons. The molecule has 0 aliphatic heterocycles. The van der Waals surface area contributed by atoms with Crippen LogP contribution in [-0.4, -0.2) is 5.11 Å². The number of hydrogen-bond donors (Lipinski definition) is 1. The standard InChI is InChI=1S/C14H12Cl2OS/c15-12-5-6-13(16)14(7-12)18-9-11-3-1-10(8-17)2-4-11/h1-7,17H,8-9H2. The molecule has 2 aromatic rings. The van der Waals surface area contributed by atoms with Gasteiger partial charge in [-0.05, 0) is 29.3 Å². The van der Waals surface area contributed by atoms with E-state index in [4.69, 9.17) is 28.3 Å². The summed E-state index contributed by atoms with van der Waals surface area (Å²) in [5.74, 6) is 0.825. The first-order valence-corrected chi connectivity index (χ1v) is 7.20. The second-order valence-electron chi connectivity index (χ2n) is 3.84. The van der Waals surface area contributed by atoms with Crippen LogP contribution >= 0.6 is 35.0 Å². The van der Waals surface area contributed by atoms with Crippen molar-refractivity contribution >= 4 is 35.0 Å². The molecule has 0 unspecified atom stereocenters. The Bertz CT molecular complexity index is 526. The summed E-state index contributed by atoms with van der Waals surface area (Å²) in [4.78, 5) is 0.982. The Morgan fingerprint density at radius 2 is 1.61 bits per heavy atom. The van der Waals surface area contributed by atoms with Gasteiger partial charge in [-0.2, -0.15) is 0 Å². The Labute approximate surface area is 121 Å². The van der Waals surface area contributed by atoms with E-state index in [9.17, 15) is 0 Å². The Hall–Kier alpha value is -0.670. The zero-order chi connectivity index (χ0) is 13.0. The molecule has 0 fully saturated rings. The van der Waals surface area contributed by atoms with Crippen molar-refractivity contribution in [1.82, 2.24) is 0 Å². The topological polar surface area (TPSA) is 20.2 Å². The van der Waals surface area contributed by atoms with E-state index in [1.165, 1.54) is 5.56 Å². The van der Waals surface area contributed by atoms with Crippen molar-refractivity contribution in [3.05, 3.63) is 63.6 Å². The average molecular weight is 299 g/mol. The van der Waals surface area contributed by atoms with Crippen LogP contribution in [0.15, 0.2) is 47.4 Å². The lowest BCUT2D eigenvalue weighted by Crippen LogP contribution is -1.85. The molecule has 18 heavy (non-hydrogen) atoms. The molecule has 1 N–H and O–H groups in total. The zero-order valence-corrected chi connectivity index (χ0v) is 11.9. The lowest BCUT2D eigenvalue weighted by atomic mass is 10.2. The van der Waals surface area contributed by atoms with E-state index in [2.05, 4.69) is 0 Å². The highest BCUT2D eigenvalue weighted by molar-refractivity contribution is 7.98. The smallest absolute Gasteiger partial charge is 0.0681 e. The van der Waals surface area contributed by atoms with Crippen molar-refractivity contribution < 1.29 is 5.11 Å². The fourth-order valence-corrected chi connectivity index (χ4v) is 2.94. The van der Waals surface area contributed by atoms with Crippen LogP contribution in [0.2, 0.25) is 10.0 Å². The van der Waals surface area contributed by atoms with Gasteiger partial charge in [-0.1, -0.05) is 47.5 Å². The predicted molar refractivity (Wildman–Crippen MR) is 78.4 cm³/mol. The van der Waals surface area contributed by atoms with E-state index >= 15 is 0 Å². The summed E-state index contributed by atoms with van der Waals surface area (Å²) in [5.41, 5.74) is 2.11. The summed E-state index contributed by atoms with van der Waals surface area (Å²) in [6.07, 6.45) is 0. The molecule has 0 atom stereocenters. The zero-order valence-electron chi connectivity index (χ0n) is 9.57. The number of benzene rings is 2. The molecule has 0 amide bonds. The predicted octanol–water partition coefficient (Wildman–Crippen LogP) is 4.78. The third kappa shape index (κ3) is 3.66. The highest BCUT2D eigenvalue weighted by Gasteiger charge is 2.03. The molecular weight excluding hydrogens is 287 g/mol. The van der Waals surface area contributed by atoms with Crippen LogP contribution < -0.4 is 0 Å². The molecule has 0 aliphatic carbocycles. The number of thioether (sulfide) groups is 1. The fraction of sp³-hybridized carbons (Fsp3) is 0.143. The van der Waals surface area contributed by atoms with Crippen molar-refractivity contribution in [1.29, 1.82) is 0 Å². The molecule has 0 saturated carbocycles. The van der Waals surface area contributed by atoms with Crippen LogP contribution in [0, 0.1) is 0 Å². The Morgan fingerprint density at radius 1 is 0.944 bits per heavy atom. The Morgan fingerprint density at radius 3 is 2.28 bits per heavy atom. The second-order valence-corrected chi connectivity index (χ2v) is 5.70. The maximum absolute atomic E-state index is 8.97. The van der Waals surface area contributed by atoms with Gasteiger partial charge in [-0.15, -0.1) is 11.8 Å². The average Bonchev–Trinajstić information content (AvgIpc) is 2.40. The third-order valence-corrected chi connectivity index (χ3v) is 4.30. The molecule has 0 spiro atoms. The van der Waals surface area contributed by atoms with E-state index in [1.807, 2.05) is 30.3 Å². The molecule has 0 aliphatic rings. The van der Waals surface area contributed by atoms with Crippen LogP contribution in [0.1, 0.15) is 11.1 Å². The SMILES string of the molecule is OCc1ccc(CSc2cc(Cl)ccc2Cl)cc1. The third-order valence-electron chi connectivity index (χ3n) is 2.49. The summed E-state index contributed by atoms with van der Waals surface area (Å²) >= 11 is 13.7. The number of hydrogen-bond acceptors (Lipinski definition) is 2. The van der Waals surface area contributed by atoms with Gasteiger partial charge in [0.15, 0.2) is 0 Å². The van der Waals surface area contributed by atoms with Gasteiger partial charge >= 0.3 is 0 Å². The van der Waals surface area contributed by atoms with Gasteiger partial charge in [0, 0.05) is 15.7 Å². The van der Waals surface area contributed by atoms with Gasteiger partial charge in [0.1, 0.15) is 0 Å². The molecular formula is C14H12Cl2OS. The van der Waals surface area contributed by atoms with Crippen LogP contribution in [-0.2, 0) is 12.4 Å². The minimum Gasteiger partial charge on any atom is -0.392 e. The first-order valence-electron chi connectivity index (χ1n) is 5.45. The van der Waals surface area contributed by atoms with Gasteiger partial charge in [-0.25, -0.2) is 0 Å². The number of halogens is 2. The molecule has 1 nitrogen and oxygen atoms in total. The van der Waals surface area contributed by atoms with Crippen molar-refractivity contribution in [3.8, 4) is 0 Å². The van der Waals surface area contributed by atoms with Crippen LogP contribution in [0.4, 0.5) is 0 Å². The number of aliphatic hydroxyl groups excluding tert-OH is 1. The van der Waals surface area contributed by atoms with Crippen molar-refractivity contribution in [2.75, 3.05) is 0 Å². The van der Waals surface area contributed by atoms with Gasteiger partial charge in [0.2, 0.25) is 0 Å². The van der Waals surface area contributed by atoms with E-state index in [0.29, 0.717) is 5.02 Å². The molecule has 0 radical (unpaired) electrons. The quantitative estimate of drug-likeness (QED) is 0.820. The van der Waals surface area contributed by atoms with Crippen LogP contribution in [0.5, 0.6) is 0 Å². The summed E-state index contributed by atoms with van der Waals surface area (Å²) in [6.45, 7) is 0.0769. The molecule has 2 rings (SSSR count). The first kappa shape index (κ1) is 13.8. The molecule has 2 aromatic carbocycles. The summed E-state index contributed by atoms with van der Waals surface area (Å²) in [6, 6.07) is 13.3. The molecule has 0 heterocycles. The first-order chi connectivity index (χ1) is 8.69. The lowest BCUT2D eigenvalue weighted by Gasteiger charge is -2.05. The molecule has 0 saturated heterocycles. The minimum absolute atomic E-state index is 0.0769. The molecule has 4 heteroatoms. The van der Waals surface area contributed by atoms with E-state index < -0.39 is 0 Å². The van der Waals surface area contributed by atoms with Crippen LogP contribution in [0.3, 0.4) is 0 Å². The Kier molecular flexibility index (Phi) is 4.95. The Balaban J connectivity index is 2.04. The van der Waals surface area contributed by atoms with Crippen molar-refractivity contribution in [3.63, 3.8) is 0 Å². The van der Waals surface area contributed by atoms with E-state index in [-0.39, 0.29) is 6.61 Å². The van der Waals surface area contributed by atoms with E-state index in [1.54, 1.807) is 23.9 Å². The maximum Gasteiger partial charge on any atom is 0.0681 e. The minimum atomic E-state index is 0.0769. The maximum atomic E-state index is 8.97. The van der Waals surface area contributed by atoms with Crippen molar-refractivity contribution in [2.24, 2.45) is 0 Å². The highest BCUT2D eigenvalue weighted by atomic mass is 35.5. The van der Waals surface area contributed by atoms with Gasteiger partial charge in [0.05, 0.1) is 11.6 Å². The lowest BCUT2D eigenvalue weighted by molar-refractivity contribution is 0.282. The normalized spacial score (nSPS) is 10.6. The second kappa shape index (κ2) is 6.48. The van der Waals surface area contributed by atoms with Crippen LogP contribution in [0.25, 0.3) is 0 Å². The van der Waals surface area contributed by atoms with Gasteiger partial charge < -0.3 is 5.11 Å². The largest absolute Gasteiger partial charge is 0.392 e. The van der Waals surface area contributed by atoms with Gasteiger partial charge in [-0.3, -0.25) is 0 Å². The number of rotatable bonds is 4. The summed E-state index contributed by atoms with van der Waals surface area (Å²) < 4.78 is 0. The molecule has 0 aromatic heterocycles. The fourth-order valence-electron chi connectivity index (χ4n) is 1.49. The molecule has 0 bridgehead atoms. The highest BCUT2D eigenvalue weighted by Crippen LogP contribution is 2.32. The summed E-state index contributed by atoms with van der Waals surface area (Å²) in [5, 5.41) is 10.4. The number of aliphatic hydroxyl groups is 1.